The zero-order chi connectivity index (χ0) is 11.1. The number of hydrogen-bond acceptors (Lipinski definition) is 4. The largest absolute Gasteiger partial charge is 0.357 e. The van der Waals surface area contributed by atoms with E-state index in [2.05, 4.69) is 10.1 Å². The van der Waals surface area contributed by atoms with Crippen molar-refractivity contribution in [1.82, 2.24) is 4.98 Å². The van der Waals surface area contributed by atoms with Crippen LogP contribution in [0.25, 0.3) is 0 Å². The third-order valence-electron chi connectivity index (χ3n) is 2.02. The highest BCUT2D eigenvalue weighted by Crippen LogP contribution is 2.36. The summed E-state index contributed by atoms with van der Waals surface area (Å²) in [6, 6.07) is 3.37. The normalized spacial score (nSPS) is 25.6. The number of rotatable bonds is 1. The van der Waals surface area contributed by atoms with Crippen molar-refractivity contribution >= 4 is 34.7 Å². The first kappa shape index (κ1) is 10.7. The first-order valence-electron chi connectivity index (χ1n) is 4.37. The molecule has 2 heterocycles. The Labute approximate surface area is 97.1 Å². The van der Waals surface area contributed by atoms with Crippen LogP contribution in [0.2, 0.25) is 5.02 Å². The van der Waals surface area contributed by atoms with Crippen molar-refractivity contribution in [2.24, 2.45) is 5.10 Å². The van der Waals surface area contributed by atoms with Gasteiger partial charge in [-0.2, -0.15) is 5.10 Å². The Morgan fingerprint density at radius 1 is 1.60 bits per heavy atom. The molecule has 1 aliphatic rings. The Kier molecular flexibility index (Phi) is 2.58. The molecule has 1 aromatic heterocycles. The van der Waals surface area contributed by atoms with Crippen LogP contribution in [0.15, 0.2) is 23.4 Å². The van der Waals surface area contributed by atoms with E-state index in [1.54, 1.807) is 25.3 Å². The van der Waals surface area contributed by atoms with Crippen molar-refractivity contribution in [3.05, 3.63) is 23.4 Å². The van der Waals surface area contributed by atoms with Crippen LogP contribution in [0.3, 0.4) is 0 Å². The van der Waals surface area contributed by atoms with E-state index < -0.39 is 5.18 Å². The molecular weight excluding hydrogens is 237 g/mol. The van der Waals surface area contributed by atoms with Crippen LogP contribution in [0.1, 0.15) is 13.3 Å². The maximum absolute atomic E-state index is 9.88. The summed E-state index contributed by atoms with van der Waals surface area (Å²) >= 11 is 11.8. The molecule has 0 saturated heterocycles. The topological polar surface area (TPSA) is 48.7 Å². The van der Waals surface area contributed by atoms with Crippen molar-refractivity contribution in [2.75, 3.05) is 5.01 Å². The lowest BCUT2D eigenvalue weighted by molar-refractivity contribution is 0.140. The van der Waals surface area contributed by atoms with Crippen LogP contribution in [0.4, 0.5) is 5.82 Å². The smallest absolute Gasteiger partial charge is 0.243 e. The van der Waals surface area contributed by atoms with Gasteiger partial charge in [0, 0.05) is 11.9 Å². The molecule has 1 N–H and O–H groups in total. The lowest BCUT2D eigenvalue weighted by atomic mass is 10.3. The van der Waals surface area contributed by atoms with E-state index >= 15 is 0 Å². The number of hydrogen-bond donors (Lipinski definition) is 1. The van der Waals surface area contributed by atoms with Crippen molar-refractivity contribution in [1.29, 1.82) is 0 Å². The van der Waals surface area contributed by atoms with E-state index in [1.165, 1.54) is 5.01 Å². The maximum Gasteiger partial charge on any atom is 0.243 e. The van der Waals surface area contributed by atoms with E-state index in [4.69, 9.17) is 23.2 Å². The predicted octanol–water partition coefficient (Wildman–Crippen LogP) is 2.21. The number of anilines is 1. The van der Waals surface area contributed by atoms with Gasteiger partial charge >= 0.3 is 0 Å². The molecule has 0 radical (unpaired) electrons. The van der Waals surface area contributed by atoms with Gasteiger partial charge in [-0.1, -0.05) is 23.2 Å². The van der Waals surface area contributed by atoms with Crippen molar-refractivity contribution in [3.8, 4) is 0 Å². The maximum atomic E-state index is 9.88. The number of nitrogens with zero attached hydrogens (tertiary/aromatic N) is 3. The minimum atomic E-state index is -1.57. The molecule has 6 heteroatoms. The lowest BCUT2D eigenvalue weighted by Crippen LogP contribution is -2.37. The molecule has 1 unspecified atom stereocenters. The minimum absolute atomic E-state index is 0.265. The third kappa shape index (κ3) is 1.93. The number of halogens is 2. The average molecular weight is 246 g/mol. The van der Waals surface area contributed by atoms with Gasteiger partial charge in [-0.15, -0.1) is 0 Å². The van der Waals surface area contributed by atoms with Gasteiger partial charge in [-0.05, 0) is 19.1 Å². The quantitative estimate of drug-likeness (QED) is 0.610. The van der Waals surface area contributed by atoms with Gasteiger partial charge in [-0.3, -0.25) is 0 Å². The zero-order valence-electron chi connectivity index (χ0n) is 7.98. The van der Waals surface area contributed by atoms with Crippen LogP contribution in [-0.2, 0) is 0 Å². The van der Waals surface area contributed by atoms with Crippen LogP contribution < -0.4 is 5.01 Å². The number of alkyl halides is 1. The summed E-state index contributed by atoms with van der Waals surface area (Å²) in [5, 5.41) is 14.0. The average Bonchev–Trinajstić information content (AvgIpc) is 2.40. The molecule has 15 heavy (non-hydrogen) atoms. The Bertz CT molecular complexity index is 420. The molecule has 2 rings (SSSR count). The van der Waals surface area contributed by atoms with E-state index in [0.29, 0.717) is 10.8 Å². The summed E-state index contributed by atoms with van der Waals surface area (Å²) in [7, 11) is 0. The van der Waals surface area contributed by atoms with E-state index in [0.717, 1.165) is 5.71 Å². The number of hydrazone groups is 1. The summed E-state index contributed by atoms with van der Waals surface area (Å²) in [6.07, 6.45) is 1.83. The number of aliphatic hydroxyl groups is 1. The second-order valence-corrected chi connectivity index (χ2v) is 4.36. The lowest BCUT2D eigenvalue weighted by Gasteiger charge is -2.25. The minimum Gasteiger partial charge on any atom is -0.357 e. The molecular formula is C9H9Cl2N3O. The Balaban J connectivity index is 2.43. The zero-order valence-corrected chi connectivity index (χ0v) is 9.50. The molecule has 4 nitrogen and oxygen atoms in total. The summed E-state index contributed by atoms with van der Waals surface area (Å²) in [4.78, 5) is 4.03. The highest BCUT2D eigenvalue weighted by molar-refractivity contribution is 6.33. The fraction of sp³-hybridized carbons (Fsp3) is 0.333. The van der Waals surface area contributed by atoms with Crippen molar-refractivity contribution in [3.63, 3.8) is 0 Å². The van der Waals surface area contributed by atoms with Crippen molar-refractivity contribution < 1.29 is 5.11 Å². The molecule has 1 atom stereocenters. The van der Waals surface area contributed by atoms with Gasteiger partial charge in [0.2, 0.25) is 5.18 Å². The van der Waals surface area contributed by atoms with E-state index in [9.17, 15) is 5.11 Å². The van der Waals surface area contributed by atoms with Crippen LogP contribution >= 0.6 is 23.2 Å². The van der Waals surface area contributed by atoms with E-state index in [1.807, 2.05) is 0 Å². The molecule has 1 aliphatic heterocycles. The molecule has 0 bridgehead atoms. The predicted molar refractivity (Wildman–Crippen MR) is 60.3 cm³/mol. The first-order valence-corrected chi connectivity index (χ1v) is 5.12. The summed E-state index contributed by atoms with van der Waals surface area (Å²) in [5.74, 6) is 0.355. The molecule has 0 fully saturated rings. The highest BCUT2D eigenvalue weighted by Gasteiger charge is 2.40. The molecule has 0 spiro atoms. The fourth-order valence-electron chi connectivity index (χ4n) is 1.43. The molecule has 80 valence electrons. The number of pyridine rings is 1. The SMILES string of the molecule is CC1=NN(c2ncccc2Cl)C(O)(Cl)C1. The van der Waals surface area contributed by atoms with Gasteiger partial charge in [0.15, 0.2) is 5.82 Å². The van der Waals surface area contributed by atoms with Crippen molar-refractivity contribution in [2.45, 2.75) is 18.5 Å². The first-order chi connectivity index (χ1) is 7.00. The monoisotopic (exact) mass is 245 g/mol. The summed E-state index contributed by atoms with van der Waals surface area (Å²) < 4.78 is 0. The van der Waals surface area contributed by atoms with Gasteiger partial charge in [0.05, 0.1) is 11.4 Å². The Morgan fingerprint density at radius 2 is 2.33 bits per heavy atom. The highest BCUT2D eigenvalue weighted by atomic mass is 35.5. The second-order valence-electron chi connectivity index (χ2n) is 3.35. The number of aromatic nitrogens is 1. The molecule has 0 aromatic carbocycles. The summed E-state index contributed by atoms with van der Waals surface area (Å²) in [6.45, 7) is 1.78. The molecule has 0 amide bonds. The van der Waals surface area contributed by atoms with Gasteiger partial charge in [0.1, 0.15) is 0 Å². The fourth-order valence-corrected chi connectivity index (χ4v) is 1.94. The van der Waals surface area contributed by atoms with Gasteiger partial charge in [-0.25, -0.2) is 9.99 Å². The Hall–Kier alpha value is -0.840. The standard InChI is InChI=1S/C9H9Cl2N3O/c1-6-5-9(11,15)14(13-6)8-7(10)3-2-4-12-8/h2-4,15H,5H2,1H3. The Morgan fingerprint density at radius 3 is 2.87 bits per heavy atom. The van der Waals surface area contributed by atoms with Crippen LogP contribution in [0, 0.1) is 0 Å². The molecule has 1 aromatic rings. The van der Waals surface area contributed by atoms with Crippen LogP contribution in [-0.4, -0.2) is 21.0 Å². The molecule has 0 aliphatic carbocycles. The van der Waals surface area contributed by atoms with E-state index in [-0.39, 0.29) is 6.42 Å². The third-order valence-corrected chi connectivity index (χ3v) is 2.60. The molecule has 0 saturated carbocycles. The van der Waals surface area contributed by atoms with Crippen LogP contribution in [0.5, 0.6) is 0 Å². The second kappa shape index (κ2) is 3.63. The van der Waals surface area contributed by atoms with Gasteiger partial charge in [0.25, 0.3) is 0 Å². The summed E-state index contributed by atoms with van der Waals surface area (Å²) in [5.41, 5.74) is 0.731. The van der Waals surface area contributed by atoms with Gasteiger partial charge < -0.3 is 5.11 Å².